The maximum absolute atomic E-state index is 11.5. The molecule has 4 atom stereocenters. The summed E-state index contributed by atoms with van der Waals surface area (Å²) in [6.07, 6.45) is -0.637. The number of anilines is 1. The number of nitrogens with two attached hydrogens (primary N) is 1. The van der Waals surface area contributed by atoms with Crippen molar-refractivity contribution in [3.63, 3.8) is 0 Å². The Kier molecular flexibility index (Phi) is 5.03. The molecule has 0 saturated carbocycles. The lowest BCUT2D eigenvalue weighted by molar-refractivity contribution is -0.136. The number of hydrogen-bond acceptors (Lipinski definition) is 9. The Morgan fingerprint density at radius 3 is 2.89 bits per heavy atom. The zero-order chi connectivity index (χ0) is 19.8. The van der Waals surface area contributed by atoms with E-state index < -0.39 is 36.6 Å². The highest BCUT2D eigenvalue weighted by atomic mass is 16.6. The van der Waals surface area contributed by atoms with Crippen LogP contribution < -0.4 is 5.73 Å². The Bertz CT molecular complexity index is 929. The maximum atomic E-state index is 11.5. The molecule has 0 aliphatic carbocycles. The lowest BCUT2D eigenvalue weighted by atomic mass is 9.96. The summed E-state index contributed by atoms with van der Waals surface area (Å²) in [4.78, 5) is 19.6. The van der Waals surface area contributed by atoms with Gasteiger partial charge in [0.1, 0.15) is 35.6 Å². The molecule has 10 nitrogen and oxygen atoms in total. The minimum Gasteiger partial charge on any atom is -0.456 e. The van der Waals surface area contributed by atoms with Gasteiger partial charge in [-0.15, -0.1) is 0 Å². The van der Waals surface area contributed by atoms with E-state index in [-0.39, 0.29) is 12.4 Å². The largest absolute Gasteiger partial charge is 0.456 e. The summed E-state index contributed by atoms with van der Waals surface area (Å²) in [5.41, 5.74) is 4.85. The fourth-order valence-electron chi connectivity index (χ4n) is 3.06. The molecule has 0 radical (unpaired) electrons. The van der Waals surface area contributed by atoms with E-state index in [0.717, 1.165) is 0 Å². The minimum atomic E-state index is -1.72. The molecule has 0 spiro atoms. The predicted octanol–water partition coefficient (Wildman–Crippen LogP) is -1.07. The van der Waals surface area contributed by atoms with Crippen molar-refractivity contribution in [1.29, 1.82) is 0 Å². The average molecular weight is 376 g/mol. The van der Waals surface area contributed by atoms with Gasteiger partial charge in [-0.05, 0) is 13.8 Å². The third-order valence-corrected chi connectivity index (χ3v) is 4.40. The van der Waals surface area contributed by atoms with Gasteiger partial charge in [0.05, 0.1) is 24.2 Å². The van der Waals surface area contributed by atoms with Crippen LogP contribution in [0.25, 0.3) is 11.0 Å². The van der Waals surface area contributed by atoms with Crippen LogP contribution in [0, 0.1) is 11.8 Å². The number of aliphatic hydroxyl groups is 3. The molecule has 144 valence electrons. The highest BCUT2D eigenvalue weighted by molar-refractivity contribution is 5.95. The fourth-order valence-corrected chi connectivity index (χ4v) is 3.06. The lowest BCUT2D eigenvalue weighted by Crippen LogP contribution is -2.44. The first-order valence-corrected chi connectivity index (χ1v) is 8.27. The van der Waals surface area contributed by atoms with Crippen molar-refractivity contribution >= 4 is 22.8 Å². The number of nitrogen functional groups attached to an aromatic ring is 1. The average Bonchev–Trinajstić information content (AvgIpc) is 3.10. The van der Waals surface area contributed by atoms with Gasteiger partial charge < -0.3 is 35.1 Å². The van der Waals surface area contributed by atoms with Crippen LogP contribution in [0.15, 0.2) is 12.5 Å². The van der Waals surface area contributed by atoms with Crippen LogP contribution in [-0.2, 0) is 14.3 Å². The first-order valence-electron chi connectivity index (χ1n) is 8.27. The SMILES string of the molecule is CCOC(=O)C#Cc1cn(C2OC(CO)[C@@H](O)[C@@]2(C)O)c2ncnc(N)c12. The number of hydrogen-bond donors (Lipinski definition) is 4. The molecule has 27 heavy (non-hydrogen) atoms. The molecule has 1 aliphatic heterocycles. The Hall–Kier alpha value is -2.71. The van der Waals surface area contributed by atoms with Crippen LogP contribution in [0.4, 0.5) is 5.82 Å². The van der Waals surface area contributed by atoms with E-state index in [9.17, 15) is 20.1 Å². The number of aromatic nitrogens is 3. The van der Waals surface area contributed by atoms with Gasteiger partial charge in [0.2, 0.25) is 0 Å². The van der Waals surface area contributed by atoms with Crippen molar-refractivity contribution < 1.29 is 29.6 Å². The number of esters is 1. The summed E-state index contributed by atoms with van der Waals surface area (Å²) in [6, 6.07) is 0. The first-order chi connectivity index (χ1) is 12.8. The van der Waals surface area contributed by atoms with Gasteiger partial charge in [0.25, 0.3) is 0 Å². The maximum Gasteiger partial charge on any atom is 0.384 e. The van der Waals surface area contributed by atoms with E-state index in [1.54, 1.807) is 6.92 Å². The van der Waals surface area contributed by atoms with E-state index in [1.807, 2.05) is 0 Å². The summed E-state index contributed by atoms with van der Waals surface area (Å²) >= 11 is 0. The normalized spacial score (nSPS) is 27.4. The van der Waals surface area contributed by atoms with Crippen LogP contribution >= 0.6 is 0 Å². The lowest BCUT2D eigenvalue weighted by Gasteiger charge is -2.27. The molecule has 1 saturated heterocycles. The minimum absolute atomic E-state index is 0.129. The fraction of sp³-hybridized carbons (Fsp3) is 0.471. The zero-order valence-electron chi connectivity index (χ0n) is 14.8. The van der Waals surface area contributed by atoms with Gasteiger partial charge in [0.15, 0.2) is 6.23 Å². The van der Waals surface area contributed by atoms with Crippen molar-refractivity contribution in [2.45, 2.75) is 37.9 Å². The van der Waals surface area contributed by atoms with Crippen LogP contribution in [-0.4, -0.2) is 66.8 Å². The summed E-state index contributed by atoms with van der Waals surface area (Å²) < 4.78 is 11.8. The third-order valence-electron chi connectivity index (χ3n) is 4.40. The topological polar surface area (TPSA) is 153 Å². The van der Waals surface area contributed by atoms with Gasteiger partial charge in [-0.2, -0.15) is 0 Å². The highest BCUT2D eigenvalue weighted by Gasteiger charge is 2.53. The Labute approximate surface area is 154 Å². The van der Waals surface area contributed by atoms with E-state index in [2.05, 4.69) is 21.8 Å². The summed E-state index contributed by atoms with van der Waals surface area (Å²) in [5.74, 6) is 4.44. The van der Waals surface area contributed by atoms with Gasteiger partial charge in [-0.1, -0.05) is 5.92 Å². The molecule has 3 heterocycles. The van der Waals surface area contributed by atoms with E-state index in [1.165, 1.54) is 24.0 Å². The molecule has 3 rings (SSSR count). The molecule has 0 amide bonds. The molecule has 2 aromatic rings. The molecule has 2 unspecified atom stereocenters. The van der Waals surface area contributed by atoms with Crippen molar-refractivity contribution in [1.82, 2.24) is 14.5 Å². The van der Waals surface area contributed by atoms with E-state index in [0.29, 0.717) is 16.6 Å². The second-order valence-electron chi connectivity index (χ2n) is 6.26. The smallest absolute Gasteiger partial charge is 0.384 e. The molecular weight excluding hydrogens is 356 g/mol. The van der Waals surface area contributed by atoms with Crippen molar-refractivity contribution in [3.05, 3.63) is 18.1 Å². The molecule has 1 fully saturated rings. The standard InChI is InChI=1S/C17H20N4O6/c1-3-26-11(23)5-4-9-6-21(15-12(9)14(18)19-8-20-15)16-17(2,25)13(24)10(7-22)27-16/h6,8,10,13,16,22,24-25H,3,7H2,1-2H3,(H2,18,19,20)/t10?,13-,16?,17-/m1/s1. The monoisotopic (exact) mass is 376 g/mol. The predicted molar refractivity (Wildman–Crippen MR) is 93.1 cm³/mol. The number of ether oxygens (including phenoxy) is 2. The van der Waals surface area contributed by atoms with Gasteiger partial charge >= 0.3 is 5.97 Å². The number of aliphatic hydroxyl groups excluding tert-OH is 2. The summed E-state index contributed by atoms with van der Waals surface area (Å²) in [7, 11) is 0. The van der Waals surface area contributed by atoms with Crippen LogP contribution in [0.5, 0.6) is 0 Å². The quantitative estimate of drug-likeness (QED) is 0.387. The number of carbonyl (C=O) groups is 1. The number of fused-ring (bicyclic) bond motifs is 1. The summed E-state index contributed by atoms with van der Waals surface area (Å²) in [5, 5.41) is 30.7. The number of nitrogens with zero attached hydrogens (tertiary/aromatic N) is 3. The molecule has 10 heteroatoms. The molecule has 2 aromatic heterocycles. The van der Waals surface area contributed by atoms with Crippen LogP contribution in [0.2, 0.25) is 0 Å². The van der Waals surface area contributed by atoms with E-state index in [4.69, 9.17) is 15.2 Å². The molecule has 1 aliphatic rings. The highest BCUT2D eigenvalue weighted by Crippen LogP contribution is 2.40. The van der Waals surface area contributed by atoms with E-state index >= 15 is 0 Å². The Morgan fingerprint density at radius 1 is 1.52 bits per heavy atom. The Morgan fingerprint density at radius 2 is 2.26 bits per heavy atom. The number of rotatable bonds is 3. The third kappa shape index (κ3) is 3.22. The Balaban J connectivity index is 2.13. The molecular formula is C17H20N4O6. The van der Waals surface area contributed by atoms with Crippen molar-refractivity contribution in [3.8, 4) is 11.8 Å². The summed E-state index contributed by atoms with van der Waals surface area (Å²) in [6.45, 7) is 2.78. The number of carbonyl (C=O) groups excluding carboxylic acids is 1. The molecule has 0 bridgehead atoms. The molecule has 5 N–H and O–H groups in total. The van der Waals surface area contributed by atoms with Crippen molar-refractivity contribution in [2.75, 3.05) is 18.9 Å². The van der Waals surface area contributed by atoms with Gasteiger partial charge in [0, 0.05) is 12.1 Å². The second-order valence-corrected chi connectivity index (χ2v) is 6.26. The van der Waals surface area contributed by atoms with Crippen molar-refractivity contribution in [2.24, 2.45) is 0 Å². The van der Waals surface area contributed by atoms with Crippen LogP contribution in [0.1, 0.15) is 25.6 Å². The zero-order valence-corrected chi connectivity index (χ0v) is 14.8. The van der Waals surface area contributed by atoms with Crippen LogP contribution in [0.3, 0.4) is 0 Å². The van der Waals surface area contributed by atoms with Gasteiger partial charge in [-0.25, -0.2) is 14.8 Å². The first kappa shape index (κ1) is 19.1. The second kappa shape index (κ2) is 7.13. The van der Waals surface area contributed by atoms with Gasteiger partial charge in [-0.3, -0.25) is 0 Å². The molecule has 0 aromatic carbocycles.